The van der Waals surface area contributed by atoms with Gasteiger partial charge in [-0.15, -0.1) is 0 Å². The normalized spacial score (nSPS) is 12.2. The van der Waals surface area contributed by atoms with E-state index in [1.807, 2.05) is 12.1 Å². The molecule has 7 nitrogen and oxygen atoms in total. The number of ether oxygens (including phenoxy) is 1. The number of anilines is 2. The van der Waals surface area contributed by atoms with Gasteiger partial charge in [0.2, 0.25) is 0 Å². The van der Waals surface area contributed by atoms with Gasteiger partial charge in [-0.2, -0.15) is 0 Å². The summed E-state index contributed by atoms with van der Waals surface area (Å²) in [5, 5.41) is 13.1. The number of hydrogen-bond donors (Lipinski definition) is 3. The van der Waals surface area contributed by atoms with Crippen LogP contribution in [0.15, 0.2) is 54.7 Å². The Bertz CT molecular complexity index is 951. The van der Waals surface area contributed by atoms with Crippen LogP contribution < -0.4 is 15.8 Å². The average molecular weight is 337 g/mol. The summed E-state index contributed by atoms with van der Waals surface area (Å²) in [6.45, 7) is 0.0803. The molecule has 0 saturated heterocycles. The summed E-state index contributed by atoms with van der Waals surface area (Å²) < 4.78 is 5.12. The Morgan fingerprint density at radius 2 is 2.00 bits per heavy atom. The quantitative estimate of drug-likeness (QED) is 0.588. The highest BCUT2D eigenvalue weighted by molar-refractivity contribution is 6.01. The zero-order valence-corrected chi connectivity index (χ0v) is 13.1. The Balaban J connectivity index is 0.000000146. The Morgan fingerprint density at radius 3 is 2.80 bits per heavy atom. The first kappa shape index (κ1) is 16.3. The summed E-state index contributed by atoms with van der Waals surface area (Å²) in [4.78, 5) is 25.4. The number of nitrogen functional groups attached to an aromatic ring is 1. The monoisotopic (exact) mass is 337 g/mol. The minimum absolute atomic E-state index is 0.0803. The maximum atomic E-state index is 10.9. The molecule has 1 aliphatic rings. The number of nitrogens with one attached hydrogen (secondary N) is 1. The maximum absolute atomic E-state index is 10.9. The summed E-state index contributed by atoms with van der Waals surface area (Å²) >= 11 is 0. The van der Waals surface area contributed by atoms with E-state index in [2.05, 4.69) is 10.3 Å². The highest BCUT2D eigenvalue weighted by Crippen LogP contribution is 2.28. The van der Waals surface area contributed by atoms with Crippen molar-refractivity contribution in [2.24, 2.45) is 0 Å². The van der Waals surface area contributed by atoms with Gasteiger partial charge in [0.15, 0.2) is 12.3 Å². The van der Waals surface area contributed by atoms with Gasteiger partial charge in [-0.05, 0) is 29.7 Å². The van der Waals surface area contributed by atoms with Crippen LogP contribution in [0.5, 0.6) is 5.75 Å². The van der Waals surface area contributed by atoms with E-state index in [1.165, 1.54) is 6.20 Å². The first-order chi connectivity index (χ1) is 12.0. The minimum atomic E-state index is -0.989. The van der Waals surface area contributed by atoms with Gasteiger partial charge in [-0.1, -0.05) is 24.3 Å². The van der Waals surface area contributed by atoms with Crippen LogP contribution in [-0.4, -0.2) is 28.6 Å². The summed E-state index contributed by atoms with van der Waals surface area (Å²) in [5.74, 6) is -0.464. The maximum Gasteiger partial charge on any atom is 0.355 e. The van der Waals surface area contributed by atoms with Gasteiger partial charge < -0.3 is 20.9 Å². The van der Waals surface area contributed by atoms with Crippen LogP contribution in [0, 0.1) is 0 Å². The first-order valence-electron chi connectivity index (χ1n) is 7.44. The number of carboxylic acids is 1. The molecule has 0 radical (unpaired) electrons. The molecule has 0 bridgehead atoms. The van der Waals surface area contributed by atoms with Crippen molar-refractivity contribution in [2.75, 3.05) is 17.7 Å². The number of pyridine rings is 1. The van der Waals surface area contributed by atoms with E-state index in [1.54, 1.807) is 36.4 Å². The lowest BCUT2D eigenvalue weighted by Crippen LogP contribution is -2.25. The van der Waals surface area contributed by atoms with Crippen LogP contribution in [0.25, 0.3) is 10.8 Å². The highest BCUT2D eigenvalue weighted by atomic mass is 16.5. The molecule has 126 valence electrons. The Hall–Kier alpha value is -3.61. The van der Waals surface area contributed by atoms with Crippen molar-refractivity contribution in [2.45, 2.75) is 0 Å². The van der Waals surface area contributed by atoms with Gasteiger partial charge in [0.25, 0.3) is 5.91 Å². The molecule has 1 aliphatic heterocycles. The van der Waals surface area contributed by atoms with Gasteiger partial charge >= 0.3 is 5.97 Å². The smallest absolute Gasteiger partial charge is 0.355 e. The number of nitrogens with zero attached hydrogens (tertiary/aromatic N) is 1. The van der Waals surface area contributed by atoms with Gasteiger partial charge in [0.1, 0.15) is 5.75 Å². The van der Waals surface area contributed by atoms with Crippen molar-refractivity contribution in [1.82, 2.24) is 4.98 Å². The van der Waals surface area contributed by atoms with E-state index < -0.39 is 5.97 Å². The fourth-order valence-electron chi connectivity index (χ4n) is 2.39. The van der Waals surface area contributed by atoms with Crippen molar-refractivity contribution in [3.8, 4) is 5.75 Å². The predicted molar refractivity (Wildman–Crippen MR) is 93.7 cm³/mol. The molecule has 25 heavy (non-hydrogen) atoms. The molecule has 4 N–H and O–H groups in total. The van der Waals surface area contributed by atoms with Crippen molar-refractivity contribution in [3.05, 3.63) is 60.4 Å². The van der Waals surface area contributed by atoms with Crippen LogP contribution in [0.1, 0.15) is 10.5 Å². The zero-order valence-electron chi connectivity index (χ0n) is 13.1. The van der Waals surface area contributed by atoms with Gasteiger partial charge in [-0.25, -0.2) is 9.78 Å². The second-order valence-electron chi connectivity index (χ2n) is 5.28. The number of carbonyl (C=O) groups is 2. The van der Waals surface area contributed by atoms with Gasteiger partial charge in [0.05, 0.1) is 5.69 Å². The van der Waals surface area contributed by atoms with Gasteiger partial charge in [-0.3, -0.25) is 4.79 Å². The third-order valence-electron chi connectivity index (χ3n) is 3.51. The fourth-order valence-corrected chi connectivity index (χ4v) is 2.39. The lowest BCUT2D eigenvalue weighted by atomic mass is 10.1. The Kier molecular flexibility index (Phi) is 4.47. The highest BCUT2D eigenvalue weighted by Gasteiger charge is 2.14. The van der Waals surface area contributed by atoms with Crippen molar-refractivity contribution in [3.63, 3.8) is 0 Å². The number of carbonyl (C=O) groups excluding carboxylic acids is 1. The molecule has 3 aromatic rings. The molecule has 0 unspecified atom stereocenters. The fraction of sp³-hybridized carbons (Fsp3) is 0.0556. The van der Waals surface area contributed by atoms with E-state index in [0.29, 0.717) is 22.5 Å². The Morgan fingerprint density at radius 1 is 1.20 bits per heavy atom. The lowest BCUT2D eigenvalue weighted by molar-refractivity contribution is -0.118. The van der Waals surface area contributed by atoms with Crippen LogP contribution in [0.4, 0.5) is 11.4 Å². The number of aromatic nitrogens is 1. The third kappa shape index (κ3) is 3.66. The van der Waals surface area contributed by atoms with Crippen molar-refractivity contribution >= 4 is 34.0 Å². The second kappa shape index (κ2) is 6.88. The summed E-state index contributed by atoms with van der Waals surface area (Å²) in [6, 6.07) is 14.2. The number of carboxylic acid groups (broad SMARTS) is 1. The van der Waals surface area contributed by atoms with Crippen LogP contribution in [0.2, 0.25) is 0 Å². The lowest BCUT2D eigenvalue weighted by Gasteiger charge is -2.17. The number of hydrogen-bond acceptors (Lipinski definition) is 5. The number of aromatic carboxylic acids is 1. The van der Waals surface area contributed by atoms with E-state index in [4.69, 9.17) is 15.6 Å². The van der Waals surface area contributed by atoms with E-state index in [-0.39, 0.29) is 18.2 Å². The minimum Gasteiger partial charge on any atom is -0.482 e. The topological polar surface area (TPSA) is 115 Å². The largest absolute Gasteiger partial charge is 0.482 e. The summed E-state index contributed by atoms with van der Waals surface area (Å²) in [6.07, 6.45) is 1.51. The summed E-state index contributed by atoms with van der Waals surface area (Å²) in [5.41, 5.74) is 6.89. The molecule has 1 aromatic heterocycles. The SMILES string of the molecule is Nc1ccc2c(c1)NC(=O)CO2.O=C(O)c1nccc2ccccc12. The number of rotatable bonds is 1. The second-order valence-corrected chi connectivity index (χ2v) is 5.28. The molecule has 7 heteroatoms. The molecule has 0 atom stereocenters. The van der Waals surface area contributed by atoms with E-state index >= 15 is 0 Å². The number of amides is 1. The van der Waals surface area contributed by atoms with Gasteiger partial charge in [0, 0.05) is 17.3 Å². The third-order valence-corrected chi connectivity index (χ3v) is 3.51. The molecule has 2 aromatic carbocycles. The molecule has 0 aliphatic carbocycles. The Labute approximate surface area is 143 Å². The standard InChI is InChI=1S/C10H7NO2.C8H8N2O2/c12-10(13)9-8-4-2-1-3-7(8)5-6-11-9;9-5-1-2-7-6(3-5)10-8(11)4-12-7/h1-6H,(H,12,13);1-3H,4,9H2,(H,10,11). The van der Waals surface area contributed by atoms with Crippen molar-refractivity contribution < 1.29 is 19.4 Å². The molecule has 4 rings (SSSR count). The molecule has 1 amide bonds. The number of benzene rings is 2. The van der Waals surface area contributed by atoms with E-state index in [9.17, 15) is 9.59 Å². The van der Waals surface area contributed by atoms with Crippen LogP contribution >= 0.6 is 0 Å². The molecular weight excluding hydrogens is 322 g/mol. The van der Waals surface area contributed by atoms with Crippen molar-refractivity contribution in [1.29, 1.82) is 0 Å². The molecular formula is C18H15N3O4. The van der Waals surface area contributed by atoms with Crippen LogP contribution in [-0.2, 0) is 4.79 Å². The molecule has 2 heterocycles. The average Bonchev–Trinajstić information content (AvgIpc) is 2.61. The number of nitrogens with two attached hydrogens (primary N) is 1. The zero-order chi connectivity index (χ0) is 17.8. The predicted octanol–water partition coefficient (Wildman–Crippen LogP) is 2.53. The summed E-state index contributed by atoms with van der Waals surface area (Å²) in [7, 11) is 0. The molecule has 0 fully saturated rings. The molecule has 0 saturated carbocycles. The first-order valence-corrected chi connectivity index (χ1v) is 7.44. The van der Waals surface area contributed by atoms with E-state index in [0.717, 1.165) is 5.39 Å². The molecule has 0 spiro atoms. The van der Waals surface area contributed by atoms with Crippen LogP contribution in [0.3, 0.4) is 0 Å². The number of fused-ring (bicyclic) bond motifs is 2.